The topological polar surface area (TPSA) is 42.9 Å². The first-order valence-corrected chi connectivity index (χ1v) is 8.40. The van der Waals surface area contributed by atoms with E-state index in [1.165, 1.54) is 11.1 Å². The molecule has 1 aliphatic heterocycles. The molecule has 0 aliphatic carbocycles. The van der Waals surface area contributed by atoms with E-state index in [9.17, 15) is 0 Å². The Morgan fingerprint density at radius 3 is 2.50 bits per heavy atom. The van der Waals surface area contributed by atoms with E-state index in [1.807, 2.05) is 30.3 Å². The average Bonchev–Trinajstić information content (AvgIpc) is 2.67. The Morgan fingerprint density at radius 2 is 1.75 bits per heavy atom. The van der Waals surface area contributed by atoms with Gasteiger partial charge >= 0.3 is 0 Å². The summed E-state index contributed by atoms with van der Waals surface area (Å²) < 4.78 is 11.1. The zero-order valence-electron chi connectivity index (χ0n) is 14.3. The lowest BCUT2D eigenvalue weighted by Crippen LogP contribution is -2.31. The van der Waals surface area contributed by atoms with Crippen LogP contribution in [0.2, 0.25) is 0 Å². The molecule has 4 nitrogen and oxygen atoms in total. The lowest BCUT2D eigenvalue weighted by molar-refractivity contribution is 0.405. The van der Waals surface area contributed by atoms with Gasteiger partial charge in [0.05, 0.1) is 14.2 Å². The predicted octanol–water partition coefficient (Wildman–Crippen LogP) is 3.23. The summed E-state index contributed by atoms with van der Waals surface area (Å²) in [6.07, 6.45) is 2.86. The SMILES string of the molecule is COc1ccccc1CCc1c(OC)cccc1C1=NCCCN1. The number of aliphatic imine (C=N–C) groups is 1. The second-order valence-electron chi connectivity index (χ2n) is 5.81. The van der Waals surface area contributed by atoms with Crippen LogP contribution in [0.5, 0.6) is 11.5 Å². The number of rotatable bonds is 6. The van der Waals surface area contributed by atoms with Crippen LogP contribution in [0.1, 0.15) is 23.1 Å². The van der Waals surface area contributed by atoms with Crippen molar-refractivity contribution in [2.24, 2.45) is 4.99 Å². The van der Waals surface area contributed by atoms with Crippen molar-refractivity contribution >= 4 is 5.84 Å². The van der Waals surface area contributed by atoms with Gasteiger partial charge in [0, 0.05) is 24.2 Å². The minimum atomic E-state index is 0.875. The van der Waals surface area contributed by atoms with Crippen LogP contribution in [-0.2, 0) is 12.8 Å². The van der Waals surface area contributed by atoms with Gasteiger partial charge in [-0.15, -0.1) is 0 Å². The van der Waals surface area contributed by atoms with Crippen LogP contribution in [0.4, 0.5) is 0 Å². The smallest absolute Gasteiger partial charge is 0.128 e. The number of aryl methyl sites for hydroxylation is 1. The molecule has 0 saturated heterocycles. The lowest BCUT2D eigenvalue weighted by atomic mass is 9.97. The molecule has 0 fully saturated rings. The molecule has 1 N–H and O–H groups in total. The van der Waals surface area contributed by atoms with E-state index in [-0.39, 0.29) is 0 Å². The van der Waals surface area contributed by atoms with Crippen molar-refractivity contribution in [2.75, 3.05) is 27.3 Å². The summed E-state index contributed by atoms with van der Waals surface area (Å²) in [5, 5.41) is 3.42. The summed E-state index contributed by atoms with van der Waals surface area (Å²) in [5.74, 6) is 2.83. The summed E-state index contributed by atoms with van der Waals surface area (Å²) in [5.41, 5.74) is 3.54. The monoisotopic (exact) mass is 324 g/mol. The molecule has 24 heavy (non-hydrogen) atoms. The van der Waals surface area contributed by atoms with Crippen molar-refractivity contribution in [1.82, 2.24) is 5.32 Å². The van der Waals surface area contributed by atoms with Gasteiger partial charge in [-0.1, -0.05) is 30.3 Å². The van der Waals surface area contributed by atoms with Crippen LogP contribution in [0.15, 0.2) is 47.5 Å². The number of para-hydroxylation sites is 1. The number of methoxy groups -OCH3 is 2. The van der Waals surface area contributed by atoms with Gasteiger partial charge in [-0.25, -0.2) is 0 Å². The van der Waals surface area contributed by atoms with E-state index in [2.05, 4.69) is 22.4 Å². The van der Waals surface area contributed by atoms with E-state index < -0.39 is 0 Å². The molecule has 3 rings (SSSR count). The zero-order chi connectivity index (χ0) is 16.8. The molecule has 0 saturated carbocycles. The molecule has 126 valence electrons. The van der Waals surface area contributed by atoms with Crippen LogP contribution >= 0.6 is 0 Å². The second-order valence-corrected chi connectivity index (χ2v) is 5.81. The molecule has 0 radical (unpaired) electrons. The van der Waals surface area contributed by atoms with Gasteiger partial charge in [-0.05, 0) is 37.0 Å². The Kier molecular flexibility index (Phi) is 5.36. The van der Waals surface area contributed by atoms with Crippen LogP contribution in [-0.4, -0.2) is 33.1 Å². The highest BCUT2D eigenvalue weighted by atomic mass is 16.5. The Balaban J connectivity index is 1.90. The Labute approximate surface area is 143 Å². The highest BCUT2D eigenvalue weighted by Crippen LogP contribution is 2.27. The summed E-state index contributed by atoms with van der Waals surface area (Å²) in [7, 11) is 3.44. The largest absolute Gasteiger partial charge is 0.496 e. The molecular formula is C20H24N2O2. The van der Waals surface area contributed by atoms with E-state index in [0.717, 1.165) is 55.3 Å². The first kappa shape index (κ1) is 16.4. The van der Waals surface area contributed by atoms with Gasteiger partial charge in [-0.2, -0.15) is 0 Å². The molecule has 0 aromatic heterocycles. The number of amidine groups is 1. The summed E-state index contributed by atoms with van der Waals surface area (Å²) in [6.45, 7) is 1.85. The van der Waals surface area contributed by atoms with Crippen molar-refractivity contribution in [3.05, 3.63) is 59.2 Å². The van der Waals surface area contributed by atoms with Crippen molar-refractivity contribution in [3.63, 3.8) is 0 Å². The molecule has 0 spiro atoms. The van der Waals surface area contributed by atoms with Crippen LogP contribution in [0.3, 0.4) is 0 Å². The average molecular weight is 324 g/mol. The highest BCUT2D eigenvalue weighted by Gasteiger charge is 2.16. The number of nitrogens with one attached hydrogen (secondary N) is 1. The van der Waals surface area contributed by atoms with E-state index in [0.29, 0.717) is 0 Å². The number of nitrogens with zero attached hydrogens (tertiary/aromatic N) is 1. The number of ether oxygens (including phenoxy) is 2. The summed E-state index contributed by atoms with van der Waals surface area (Å²) >= 11 is 0. The van der Waals surface area contributed by atoms with E-state index in [1.54, 1.807) is 14.2 Å². The molecule has 2 aromatic rings. The van der Waals surface area contributed by atoms with Gasteiger partial charge in [-0.3, -0.25) is 4.99 Å². The maximum absolute atomic E-state index is 5.61. The van der Waals surface area contributed by atoms with Gasteiger partial charge in [0.15, 0.2) is 0 Å². The third kappa shape index (κ3) is 3.53. The Bertz CT molecular complexity index is 725. The quantitative estimate of drug-likeness (QED) is 0.887. The molecule has 0 amide bonds. The summed E-state index contributed by atoms with van der Waals surface area (Å²) in [4.78, 5) is 4.65. The molecule has 0 unspecified atom stereocenters. The molecule has 4 heteroatoms. The first-order valence-electron chi connectivity index (χ1n) is 8.40. The molecule has 2 aromatic carbocycles. The van der Waals surface area contributed by atoms with Gasteiger partial charge in [0.1, 0.15) is 17.3 Å². The van der Waals surface area contributed by atoms with Crippen molar-refractivity contribution in [2.45, 2.75) is 19.3 Å². The van der Waals surface area contributed by atoms with Crippen LogP contribution in [0, 0.1) is 0 Å². The fourth-order valence-electron chi connectivity index (χ4n) is 3.12. The molecule has 0 bridgehead atoms. The Morgan fingerprint density at radius 1 is 0.958 bits per heavy atom. The molecule has 1 aliphatic rings. The standard InChI is InChI=1S/C20H24N2O2/c1-23-18-9-4-3-7-15(18)11-12-16-17(8-5-10-19(16)24-2)20-21-13-6-14-22-20/h3-5,7-10H,6,11-14H2,1-2H3,(H,21,22). The van der Waals surface area contributed by atoms with E-state index in [4.69, 9.17) is 9.47 Å². The third-order valence-electron chi connectivity index (χ3n) is 4.34. The number of hydrogen-bond donors (Lipinski definition) is 1. The van der Waals surface area contributed by atoms with Crippen LogP contribution in [0.25, 0.3) is 0 Å². The Hall–Kier alpha value is -2.49. The first-order chi connectivity index (χ1) is 11.8. The van der Waals surface area contributed by atoms with Crippen molar-refractivity contribution < 1.29 is 9.47 Å². The van der Waals surface area contributed by atoms with Crippen molar-refractivity contribution in [3.8, 4) is 11.5 Å². The normalized spacial score (nSPS) is 13.8. The third-order valence-corrected chi connectivity index (χ3v) is 4.34. The van der Waals surface area contributed by atoms with Gasteiger partial charge in [0.25, 0.3) is 0 Å². The molecule has 0 atom stereocenters. The number of hydrogen-bond acceptors (Lipinski definition) is 4. The minimum Gasteiger partial charge on any atom is -0.496 e. The molecule has 1 heterocycles. The molecular weight excluding hydrogens is 300 g/mol. The lowest BCUT2D eigenvalue weighted by Gasteiger charge is -2.19. The summed E-state index contributed by atoms with van der Waals surface area (Å²) in [6, 6.07) is 14.3. The van der Waals surface area contributed by atoms with Crippen molar-refractivity contribution in [1.29, 1.82) is 0 Å². The highest BCUT2D eigenvalue weighted by molar-refractivity contribution is 6.01. The second kappa shape index (κ2) is 7.86. The predicted molar refractivity (Wildman–Crippen MR) is 97.4 cm³/mol. The van der Waals surface area contributed by atoms with Gasteiger partial charge in [0.2, 0.25) is 0 Å². The number of benzene rings is 2. The fraction of sp³-hybridized carbons (Fsp3) is 0.350. The van der Waals surface area contributed by atoms with Gasteiger partial charge < -0.3 is 14.8 Å². The zero-order valence-corrected chi connectivity index (χ0v) is 14.3. The maximum atomic E-state index is 5.61. The minimum absolute atomic E-state index is 0.875. The van der Waals surface area contributed by atoms with Crippen LogP contribution < -0.4 is 14.8 Å². The fourth-order valence-corrected chi connectivity index (χ4v) is 3.12. The maximum Gasteiger partial charge on any atom is 0.128 e. The van der Waals surface area contributed by atoms with E-state index >= 15 is 0 Å².